The van der Waals surface area contributed by atoms with Crippen molar-refractivity contribution < 1.29 is 4.74 Å². The highest BCUT2D eigenvalue weighted by molar-refractivity contribution is 5.85. The maximum Gasteiger partial charge on any atom is 0.124 e. The van der Waals surface area contributed by atoms with Gasteiger partial charge in [-0.1, -0.05) is 30.9 Å². The first-order valence-corrected chi connectivity index (χ1v) is 8.35. The second-order valence-electron chi connectivity index (χ2n) is 6.17. The van der Waals surface area contributed by atoms with E-state index in [1.54, 1.807) is 6.08 Å². The van der Waals surface area contributed by atoms with Crippen LogP contribution in [-0.4, -0.2) is 61.7 Å². The normalized spacial score (nSPS) is 22.5. The molecule has 0 radical (unpaired) electrons. The number of para-hydroxylation sites is 1. The largest absolute Gasteiger partial charge is 0.489 e. The number of likely N-dealkylation sites (tertiary alicyclic amines) is 1. The highest BCUT2D eigenvalue weighted by Gasteiger charge is 2.28. The van der Waals surface area contributed by atoms with E-state index >= 15 is 0 Å². The van der Waals surface area contributed by atoms with Crippen molar-refractivity contribution in [2.75, 3.05) is 45.9 Å². The van der Waals surface area contributed by atoms with Gasteiger partial charge in [0.25, 0.3) is 0 Å². The summed E-state index contributed by atoms with van der Waals surface area (Å²) in [6.45, 7) is 12.3. The van der Waals surface area contributed by atoms with Crippen molar-refractivity contribution in [1.82, 2.24) is 15.1 Å². The number of nitrogens with one attached hydrogen (secondary N) is 1. The van der Waals surface area contributed by atoms with Crippen molar-refractivity contribution in [3.63, 3.8) is 0 Å². The Balaban J connectivity index is 0.00000192. The van der Waals surface area contributed by atoms with Crippen LogP contribution < -0.4 is 10.1 Å². The van der Waals surface area contributed by atoms with Gasteiger partial charge >= 0.3 is 0 Å². The minimum atomic E-state index is 0. The van der Waals surface area contributed by atoms with Crippen LogP contribution in [0, 0.1) is 0 Å². The van der Waals surface area contributed by atoms with Gasteiger partial charge in [-0.15, -0.1) is 12.4 Å². The van der Waals surface area contributed by atoms with E-state index in [2.05, 4.69) is 39.9 Å². The van der Waals surface area contributed by atoms with Gasteiger partial charge < -0.3 is 10.1 Å². The average molecular weight is 338 g/mol. The van der Waals surface area contributed by atoms with Gasteiger partial charge in [0.2, 0.25) is 0 Å². The Kier molecular flexibility index (Phi) is 7.37. The Hall–Kier alpha value is -1.07. The predicted octanol–water partition coefficient (Wildman–Crippen LogP) is 2.15. The molecule has 1 unspecified atom stereocenters. The molecule has 0 amide bonds. The molecule has 1 aromatic carbocycles. The zero-order chi connectivity index (χ0) is 15.2. The summed E-state index contributed by atoms with van der Waals surface area (Å²) >= 11 is 0. The van der Waals surface area contributed by atoms with Gasteiger partial charge in [-0.05, 0) is 12.5 Å². The van der Waals surface area contributed by atoms with Gasteiger partial charge in [0.1, 0.15) is 12.4 Å². The molecule has 2 aliphatic rings. The van der Waals surface area contributed by atoms with Crippen LogP contribution in [0.4, 0.5) is 0 Å². The Bertz CT molecular complexity index is 491. The van der Waals surface area contributed by atoms with Crippen LogP contribution >= 0.6 is 12.4 Å². The summed E-state index contributed by atoms with van der Waals surface area (Å²) in [6.07, 6.45) is 3.09. The second kappa shape index (κ2) is 9.28. The van der Waals surface area contributed by atoms with Crippen LogP contribution in [-0.2, 0) is 6.54 Å². The van der Waals surface area contributed by atoms with E-state index in [1.807, 2.05) is 6.07 Å². The molecule has 2 saturated heterocycles. The number of piperazine rings is 1. The van der Waals surface area contributed by atoms with Gasteiger partial charge in [-0.3, -0.25) is 9.80 Å². The maximum atomic E-state index is 5.78. The number of ether oxygens (including phenoxy) is 1. The van der Waals surface area contributed by atoms with Gasteiger partial charge in [0.15, 0.2) is 0 Å². The van der Waals surface area contributed by atoms with Crippen LogP contribution in [0.25, 0.3) is 0 Å². The summed E-state index contributed by atoms with van der Waals surface area (Å²) < 4.78 is 5.78. The van der Waals surface area contributed by atoms with E-state index in [9.17, 15) is 0 Å². The molecule has 128 valence electrons. The molecule has 1 atom stereocenters. The second-order valence-corrected chi connectivity index (χ2v) is 6.17. The third-order valence-electron chi connectivity index (χ3n) is 4.64. The van der Waals surface area contributed by atoms with Crippen LogP contribution in [0.3, 0.4) is 0 Å². The lowest BCUT2D eigenvalue weighted by molar-refractivity contribution is 0.170. The quantitative estimate of drug-likeness (QED) is 0.805. The van der Waals surface area contributed by atoms with E-state index in [4.69, 9.17) is 4.74 Å². The van der Waals surface area contributed by atoms with Gasteiger partial charge in [-0.25, -0.2) is 0 Å². The lowest BCUT2D eigenvalue weighted by Crippen LogP contribution is -2.49. The number of hydrogen-bond acceptors (Lipinski definition) is 4. The van der Waals surface area contributed by atoms with E-state index in [0.717, 1.165) is 31.4 Å². The molecule has 3 rings (SSSR count). The monoisotopic (exact) mass is 337 g/mol. The summed E-state index contributed by atoms with van der Waals surface area (Å²) in [5.74, 6) is 0.994. The third kappa shape index (κ3) is 4.95. The first kappa shape index (κ1) is 18.3. The number of hydrogen-bond donors (Lipinski definition) is 1. The van der Waals surface area contributed by atoms with E-state index in [0.29, 0.717) is 6.61 Å². The predicted molar refractivity (Wildman–Crippen MR) is 97.5 cm³/mol. The summed E-state index contributed by atoms with van der Waals surface area (Å²) in [5.41, 5.74) is 1.28. The molecule has 0 aromatic heterocycles. The molecule has 1 aromatic rings. The zero-order valence-corrected chi connectivity index (χ0v) is 14.6. The molecule has 1 N–H and O–H groups in total. The molecule has 2 aliphatic heterocycles. The molecular weight excluding hydrogens is 310 g/mol. The number of nitrogens with zero attached hydrogens (tertiary/aromatic N) is 2. The molecule has 0 spiro atoms. The van der Waals surface area contributed by atoms with Crippen molar-refractivity contribution in [1.29, 1.82) is 0 Å². The molecule has 23 heavy (non-hydrogen) atoms. The highest BCUT2D eigenvalue weighted by Crippen LogP contribution is 2.23. The topological polar surface area (TPSA) is 27.7 Å². The van der Waals surface area contributed by atoms with Crippen LogP contribution in [0.5, 0.6) is 5.75 Å². The molecule has 2 heterocycles. The van der Waals surface area contributed by atoms with Gasteiger partial charge in [-0.2, -0.15) is 0 Å². The van der Waals surface area contributed by atoms with Crippen LogP contribution in [0.1, 0.15) is 12.0 Å². The lowest BCUT2D eigenvalue weighted by atomic mass is 10.2. The van der Waals surface area contributed by atoms with Crippen molar-refractivity contribution >= 4 is 12.4 Å². The molecule has 0 bridgehead atoms. The van der Waals surface area contributed by atoms with Crippen molar-refractivity contribution in [2.24, 2.45) is 0 Å². The smallest absolute Gasteiger partial charge is 0.124 e. The SMILES string of the molecule is C=CCOc1ccccc1CN1CCC(N2CCNCC2)C1.Cl. The zero-order valence-electron chi connectivity index (χ0n) is 13.7. The maximum absolute atomic E-state index is 5.78. The third-order valence-corrected chi connectivity index (χ3v) is 4.64. The summed E-state index contributed by atoms with van der Waals surface area (Å²) in [4.78, 5) is 5.21. The minimum absolute atomic E-state index is 0. The Labute approximate surface area is 145 Å². The molecule has 2 fully saturated rings. The summed E-state index contributed by atoms with van der Waals surface area (Å²) in [7, 11) is 0. The Morgan fingerprint density at radius 3 is 2.78 bits per heavy atom. The Morgan fingerprint density at radius 2 is 2.00 bits per heavy atom. The fraction of sp³-hybridized carbons (Fsp3) is 0.556. The van der Waals surface area contributed by atoms with E-state index in [-0.39, 0.29) is 12.4 Å². The number of benzene rings is 1. The molecule has 5 heteroatoms. The number of rotatable bonds is 6. The highest BCUT2D eigenvalue weighted by atomic mass is 35.5. The van der Waals surface area contributed by atoms with Gasteiger partial charge in [0, 0.05) is 57.4 Å². The van der Waals surface area contributed by atoms with Crippen molar-refractivity contribution in [2.45, 2.75) is 19.0 Å². The fourth-order valence-electron chi connectivity index (χ4n) is 3.47. The fourth-order valence-corrected chi connectivity index (χ4v) is 3.47. The first-order valence-electron chi connectivity index (χ1n) is 8.35. The van der Waals surface area contributed by atoms with Gasteiger partial charge in [0.05, 0.1) is 0 Å². The summed E-state index contributed by atoms with van der Waals surface area (Å²) in [5, 5.41) is 3.44. The van der Waals surface area contributed by atoms with Crippen LogP contribution in [0.15, 0.2) is 36.9 Å². The molecule has 0 aliphatic carbocycles. The molecular formula is C18H28ClN3O. The lowest BCUT2D eigenvalue weighted by Gasteiger charge is -2.32. The van der Waals surface area contributed by atoms with E-state index < -0.39 is 0 Å². The standard InChI is InChI=1S/C18H27N3O.ClH/c1-2-13-22-18-6-4-3-5-16(18)14-20-10-7-17(15-20)21-11-8-19-9-12-21;/h2-6,17,19H,1,7-15H2;1H. The molecule has 4 nitrogen and oxygen atoms in total. The van der Waals surface area contributed by atoms with Crippen LogP contribution in [0.2, 0.25) is 0 Å². The van der Waals surface area contributed by atoms with Crippen molar-refractivity contribution in [3.8, 4) is 5.75 Å². The first-order chi connectivity index (χ1) is 10.9. The average Bonchev–Trinajstić information content (AvgIpc) is 3.03. The van der Waals surface area contributed by atoms with E-state index in [1.165, 1.54) is 38.2 Å². The minimum Gasteiger partial charge on any atom is -0.489 e. The molecule has 0 saturated carbocycles. The number of halogens is 1. The summed E-state index contributed by atoms with van der Waals surface area (Å²) in [6, 6.07) is 9.10. The van der Waals surface area contributed by atoms with Crippen molar-refractivity contribution in [3.05, 3.63) is 42.5 Å². The Morgan fingerprint density at radius 1 is 1.22 bits per heavy atom.